The van der Waals surface area contributed by atoms with Crippen LogP contribution in [0.3, 0.4) is 0 Å². The molecule has 3 heteroatoms. The number of amides is 1. The van der Waals surface area contributed by atoms with E-state index >= 15 is 0 Å². The Morgan fingerprint density at radius 2 is 2.20 bits per heavy atom. The Morgan fingerprint density at radius 1 is 1.35 bits per heavy atom. The maximum Gasteiger partial charge on any atom is 0.222 e. The highest BCUT2D eigenvalue weighted by atomic mass is 16.2. The summed E-state index contributed by atoms with van der Waals surface area (Å²) in [5.41, 5.74) is 2.49. The van der Waals surface area contributed by atoms with Crippen LogP contribution in [0.1, 0.15) is 31.7 Å². The predicted octanol–water partition coefficient (Wildman–Crippen LogP) is 3.36. The Bertz CT molecular complexity index is 602. The molecule has 1 aliphatic heterocycles. The van der Waals surface area contributed by atoms with Crippen molar-refractivity contribution < 1.29 is 4.79 Å². The summed E-state index contributed by atoms with van der Waals surface area (Å²) >= 11 is 0. The van der Waals surface area contributed by atoms with E-state index in [9.17, 15) is 4.79 Å². The van der Waals surface area contributed by atoms with Crippen LogP contribution in [0.4, 0.5) is 0 Å². The molecule has 3 nitrogen and oxygen atoms in total. The van der Waals surface area contributed by atoms with Crippen molar-refractivity contribution in [2.45, 2.75) is 32.6 Å². The summed E-state index contributed by atoms with van der Waals surface area (Å²) < 4.78 is 0. The average Bonchev–Trinajstić information content (AvgIpc) is 2.90. The number of piperidine rings is 1. The summed E-state index contributed by atoms with van der Waals surface area (Å²) in [6.45, 7) is 4.01. The first kappa shape index (κ1) is 13.2. The van der Waals surface area contributed by atoms with Gasteiger partial charge in [-0.25, -0.2) is 0 Å². The van der Waals surface area contributed by atoms with Crippen molar-refractivity contribution in [3.8, 4) is 0 Å². The normalized spacial score (nSPS) is 19.8. The standard InChI is InChI=1S/C17H22N2O/c1-2-13-7-8-17(20)19(12-13)10-9-14-11-18-16-6-4-3-5-15(14)16/h3-6,11,13,18H,2,7-10,12H2,1H3. The van der Waals surface area contributed by atoms with E-state index in [0.29, 0.717) is 11.8 Å². The quantitative estimate of drug-likeness (QED) is 0.908. The van der Waals surface area contributed by atoms with Gasteiger partial charge < -0.3 is 9.88 Å². The zero-order chi connectivity index (χ0) is 13.9. The fourth-order valence-electron chi connectivity index (χ4n) is 3.13. The number of benzene rings is 1. The van der Waals surface area contributed by atoms with E-state index in [-0.39, 0.29) is 0 Å². The molecule has 2 heterocycles. The summed E-state index contributed by atoms with van der Waals surface area (Å²) in [4.78, 5) is 17.4. The van der Waals surface area contributed by atoms with Crippen LogP contribution in [0, 0.1) is 5.92 Å². The molecule has 0 aliphatic carbocycles. The van der Waals surface area contributed by atoms with Gasteiger partial charge in [-0.1, -0.05) is 31.5 Å². The van der Waals surface area contributed by atoms with E-state index in [1.54, 1.807) is 0 Å². The van der Waals surface area contributed by atoms with E-state index in [0.717, 1.165) is 32.4 Å². The number of aromatic nitrogens is 1. The number of aromatic amines is 1. The van der Waals surface area contributed by atoms with Crippen molar-refractivity contribution in [1.82, 2.24) is 9.88 Å². The molecular weight excluding hydrogens is 248 g/mol. The third-order valence-electron chi connectivity index (χ3n) is 4.50. The largest absolute Gasteiger partial charge is 0.361 e. The maximum absolute atomic E-state index is 12.0. The molecule has 1 fully saturated rings. The van der Waals surface area contributed by atoms with Crippen LogP contribution in [-0.4, -0.2) is 28.9 Å². The van der Waals surface area contributed by atoms with Gasteiger partial charge in [0.15, 0.2) is 0 Å². The molecule has 1 aliphatic rings. The molecule has 106 valence electrons. The van der Waals surface area contributed by atoms with Gasteiger partial charge in [0.05, 0.1) is 0 Å². The highest BCUT2D eigenvalue weighted by Crippen LogP contribution is 2.22. The van der Waals surface area contributed by atoms with Crippen LogP contribution < -0.4 is 0 Å². The first-order valence-electron chi connectivity index (χ1n) is 7.60. The van der Waals surface area contributed by atoms with Gasteiger partial charge in [-0.15, -0.1) is 0 Å². The average molecular weight is 270 g/mol. The fraction of sp³-hybridized carbons (Fsp3) is 0.471. The molecule has 1 saturated heterocycles. The van der Waals surface area contributed by atoms with Gasteiger partial charge in [0.2, 0.25) is 5.91 Å². The van der Waals surface area contributed by atoms with Gasteiger partial charge in [0.1, 0.15) is 0 Å². The van der Waals surface area contributed by atoms with E-state index in [1.807, 2.05) is 6.07 Å². The number of carbonyl (C=O) groups excluding carboxylic acids is 1. The minimum Gasteiger partial charge on any atom is -0.361 e. The van der Waals surface area contributed by atoms with E-state index in [2.05, 4.69) is 41.2 Å². The Kier molecular flexibility index (Phi) is 3.77. The van der Waals surface area contributed by atoms with Crippen LogP contribution in [-0.2, 0) is 11.2 Å². The molecule has 0 bridgehead atoms. The second kappa shape index (κ2) is 5.70. The predicted molar refractivity (Wildman–Crippen MR) is 81.6 cm³/mol. The molecule has 2 aromatic rings. The van der Waals surface area contributed by atoms with Crippen LogP contribution in [0.2, 0.25) is 0 Å². The molecular formula is C17H22N2O. The van der Waals surface area contributed by atoms with Gasteiger partial charge in [-0.2, -0.15) is 0 Å². The molecule has 0 spiro atoms. The van der Waals surface area contributed by atoms with Gasteiger partial charge in [0, 0.05) is 36.6 Å². The first-order valence-corrected chi connectivity index (χ1v) is 7.60. The molecule has 0 saturated carbocycles. The second-order valence-electron chi connectivity index (χ2n) is 5.76. The molecule has 1 amide bonds. The Labute approximate surface area is 120 Å². The van der Waals surface area contributed by atoms with Crippen LogP contribution in [0.25, 0.3) is 10.9 Å². The zero-order valence-corrected chi connectivity index (χ0v) is 12.1. The van der Waals surface area contributed by atoms with Crippen LogP contribution >= 0.6 is 0 Å². The Hall–Kier alpha value is -1.77. The minimum atomic E-state index is 0.328. The smallest absolute Gasteiger partial charge is 0.222 e. The summed E-state index contributed by atoms with van der Waals surface area (Å²) in [6, 6.07) is 8.35. The number of para-hydroxylation sites is 1. The highest BCUT2D eigenvalue weighted by molar-refractivity contribution is 5.83. The Balaban J connectivity index is 1.68. The molecule has 3 rings (SSSR count). The number of nitrogens with one attached hydrogen (secondary N) is 1. The number of H-pyrrole nitrogens is 1. The number of nitrogens with zero attached hydrogens (tertiary/aromatic N) is 1. The Morgan fingerprint density at radius 3 is 3.05 bits per heavy atom. The number of likely N-dealkylation sites (tertiary alicyclic amines) is 1. The van der Waals surface area contributed by atoms with Gasteiger partial charge >= 0.3 is 0 Å². The van der Waals surface area contributed by atoms with Crippen molar-refractivity contribution in [1.29, 1.82) is 0 Å². The van der Waals surface area contributed by atoms with Gasteiger partial charge in [-0.3, -0.25) is 4.79 Å². The van der Waals surface area contributed by atoms with E-state index in [4.69, 9.17) is 0 Å². The monoisotopic (exact) mass is 270 g/mol. The number of carbonyl (C=O) groups is 1. The lowest BCUT2D eigenvalue weighted by molar-refractivity contribution is -0.134. The SMILES string of the molecule is CCC1CCC(=O)N(CCc2c[nH]c3ccccc23)C1. The lowest BCUT2D eigenvalue weighted by atomic mass is 9.95. The molecule has 1 unspecified atom stereocenters. The van der Waals surface area contributed by atoms with Crippen molar-refractivity contribution in [2.75, 3.05) is 13.1 Å². The molecule has 1 aromatic heterocycles. The van der Waals surface area contributed by atoms with Crippen LogP contribution in [0.5, 0.6) is 0 Å². The third-order valence-corrected chi connectivity index (χ3v) is 4.50. The molecule has 1 N–H and O–H groups in total. The number of rotatable bonds is 4. The van der Waals surface area contributed by atoms with Crippen molar-refractivity contribution in [3.63, 3.8) is 0 Å². The summed E-state index contributed by atoms with van der Waals surface area (Å²) in [6.07, 6.45) is 5.99. The maximum atomic E-state index is 12.0. The van der Waals surface area contributed by atoms with E-state index < -0.39 is 0 Å². The third kappa shape index (κ3) is 2.58. The summed E-state index contributed by atoms with van der Waals surface area (Å²) in [5.74, 6) is 1.02. The number of hydrogen-bond acceptors (Lipinski definition) is 1. The zero-order valence-electron chi connectivity index (χ0n) is 12.1. The summed E-state index contributed by atoms with van der Waals surface area (Å²) in [7, 11) is 0. The number of fused-ring (bicyclic) bond motifs is 1. The lowest BCUT2D eigenvalue weighted by Crippen LogP contribution is -2.40. The van der Waals surface area contributed by atoms with Crippen molar-refractivity contribution >= 4 is 16.8 Å². The van der Waals surface area contributed by atoms with Crippen molar-refractivity contribution in [3.05, 3.63) is 36.0 Å². The van der Waals surface area contributed by atoms with E-state index in [1.165, 1.54) is 22.9 Å². The lowest BCUT2D eigenvalue weighted by Gasteiger charge is -2.32. The second-order valence-corrected chi connectivity index (χ2v) is 5.76. The van der Waals surface area contributed by atoms with Crippen LogP contribution in [0.15, 0.2) is 30.5 Å². The van der Waals surface area contributed by atoms with Gasteiger partial charge in [0.25, 0.3) is 0 Å². The van der Waals surface area contributed by atoms with Crippen molar-refractivity contribution in [2.24, 2.45) is 5.92 Å². The number of hydrogen-bond donors (Lipinski definition) is 1. The van der Waals surface area contributed by atoms with Gasteiger partial charge in [-0.05, 0) is 30.4 Å². The molecule has 20 heavy (non-hydrogen) atoms. The first-order chi connectivity index (χ1) is 9.78. The molecule has 0 radical (unpaired) electrons. The molecule has 1 aromatic carbocycles. The fourth-order valence-corrected chi connectivity index (χ4v) is 3.13. The topological polar surface area (TPSA) is 36.1 Å². The summed E-state index contributed by atoms with van der Waals surface area (Å²) in [5, 5.41) is 1.28. The highest BCUT2D eigenvalue weighted by Gasteiger charge is 2.24. The minimum absolute atomic E-state index is 0.328. The molecule has 1 atom stereocenters.